The summed E-state index contributed by atoms with van der Waals surface area (Å²) in [4.78, 5) is 0. The highest BCUT2D eigenvalue weighted by Crippen LogP contribution is 2.31. The number of nitrogens with one attached hydrogen (secondary N) is 1. The van der Waals surface area contributed by atoms with E-state index in [0.717, 1.165) is 15.9 Å². The number of halogens is 2. The summed E-state index contributed by atoms with van der Waals surface area (Å²) in [6.45, 7) is 4.43. The van der Waals surface area contributed by atoms with E-state index in [2.05, 4.69) is 41.2 Å². The van der Waals surface area contributed by atoms with Crippen LogP contribution in [0.3, 0.4) is 0 Å². The van der Waals surface area contributed by atoms with Gasteiger partial charge in [-0.1, -0.05) is 53.9 Å². The van der Waals surface area contributed by atoms with Crippen LogP contribution >= 0.6 is 27.5 Å². The highest BCUT2D eigenvalue weighted by molar-refractivity contribution is 9.10. The van der Waals surface area contributed by atoms with Crippen LogP contribution in [0.5, 0.6) is 0 Å². The van der Waals surface area contributed by atoms with E-state index in [0.29, 0.717) is 12.0 Å². The van der Waals surface area contributed by atoms with Crippen molar-refractivity contribution in [1.82, 2.24) is 5.32 Å². The Bertz CT molecular complexity index is 327. The Hall–Kier alpha value is -0.0500. The first-order valence-corrected chi connectivity index (χ1v) is 6.39. The predicted molar refractivity (Wildman–Crippen MR) is 70.4 cm³/mol. The topological polar surface area (TPSA) is 12.0 Å². The summed E-state index contributed by atoms with van der Waals surface area (Å²) in [6.07, 6.45) is 1.14. The van der Waals surface area contributed by atoms with Gasteiger partial charge in [0.15, 0.2) is 0 Å². The van der Waals surface area contributed by atoms with Gasteiger partial charge in [0, 0.05) is 15.5 Å². The lowest BCUT2D eigenvalue weighted by molar-refractivity contribution is 0.400. The van der Waals surface area contributed by atoms with Gasteiger partial charge in [0.25, 0.3) is 0 Å². The molecule has 0 heterocycles. The van der Waals surface area contributed by atoms with Gasteiger partial charge in [-0.3, -0.25) is 0 Å². The molecule has 1 N–H and O–H groups in total. The summed E-state index contributed by atoms with van der Waals surface area (Å²) >= 11 is 9.65. The molecule has 15 heavy (non-hydrogen) atoms. The molecule has 0 amide bonds. The zero-order valence-electron chi connectivity index (χ0n) is 9.35. The zero-order valence-corrected chi connectivity index (χ0v) is 11.7. The van der Waals surface area contributed by atoms with E-state index >= 15 is 0 Å². The van der Waals surface area contributed by atoms with Crippen molar-refractivity contribution in [2.45, 2.75) is 26.3 Å². The van der Waals surface area contributed by atoms with Gasteiger partial charge in [-0.05, 0) is 30.7 Å². The van der Waals surface area contributed by atoms with Gasteiger partial charge in [-0.2, -0.15) is 0 Å². The fourth-order valence-corrected chi connectivity index (χ4v) is 2.53. The van der Waals surface area contributed by atoms with Crippen molar-refractivity contribution >= 4 is 27.5 Å². The lowest BCUT2D eigenvalue weighted by atomic mass is 9.93. The number of benzene rings is 1. The molecule has 84 valence electrons. The van der Waals surface area contributed by atoms with E-state index in [1.54, 1.807) is 0 Å². The molecule has 0 saturated heterocycles. The van der Waals surface area contributed by atoms with Crippen molar-refractivity contribution in [3.05, 3.63) is 33.3 Å². The number of rotatable bonds is 4. The predicted octanol–water partition coefficient (Wildman–Crippen LogP) is 4.41. The Kier molecular flexibility index (Phi) is 5.10. The average Bonchev–Trinajstić information content (AvgIpc) is 2.21. The van der Waals surface area contributed by atoms with Gasteiger partial charge in [-0.25, -0.2) is 0 Å². The van der Waals surface area contributed by atoms with Crippen molar-refractivity contribution < 1.29 is 0 Å². The van der Waals surface area contributed by atoms with Gasteiger partial charge in [-0.15, -0.1) is 0 Å². The van der Waals surface area contributed by atoms with Crippen LogP contribution in [0.4, 0.5) is 0 Å². The van der Waals surface area contributed by atoms with Gasteiger partial charge in [0.05, 0.1) is 0 Å². The van der Waals surface area contributed by atoms with E-state index in [1.807, 2.05) is 19.2 Å². The smallest absolute Gasteiger partial charge is 0.0465 e. The van der Waals surface area contributed by atoms with Crippen molar-refractivity contribution in [2.75, 3.05) is 7.05 Å². The molecule has 2 unspecified atom stereocenters. The SMILES string of the molecule is CCC(C)C(NC)c1ccc(Br)cc1Cl. The lowest BCUT2D eigenvalue weighted by Crippen LogP contribution is -2.23. The molecular formula is C12H17BrClN. The fraction of sp³-hybridized carbons (Fsp3) is 0.500. The number of hydrogen-bond donors (Lipinski definition) is 1. The molecule has 0 aliphatic rings. The first kappa shape index (κ1) is 13.0. The van der Waals surface area contributed by atoms with Gasteiger partial charge in [0.1, 0.15) is 0 Å². The standard InChI is InChI=1S/C12H17BrClN/c1-4-8(2)12(15-3)10-6-5-9(13)7-11(10)14/h5-8,12,15H,4H2,1-3H3. The van der Waals surface area contributed by atoms with Gasteiger partial charge in [0.2, 0.25) is 0 Å². The third kappa shape index (κ3) is 3.20. The first-order chi connectivity index (χ1) is 7.10. The molecule has 2 atom stereocenters. The molecular weight excluding hydrogens is 273 g/mol. The van der Waals surface area contributed by atoms with Gasteiger partial charge >= 0.3 is 0 Å². The van der Waals surface area contributed by atoms with Crippen molar-refractivity contribution in [3.63, 3.8) is 0 Å². The summed E-state index contributed by atoms with van der Waals surface area (Å²) in [7, 11) is 1.98. The summed E-state index contributed by atoms with van der Waals surface area (Å²) in [5, 5.41) is 4.15. The maximum absolute atomic E-state index is 6.23. The van der Waals surface area contributed by atoms with Crippen molar-refractivity contribution in [3.8, 4) is 0 Å². The Morgan fingerprint density at radius 2 is 2.13 bits per heavy atom. The van der Waals surface area contributed by atoms with Crippen molar-refractivity contribution in [1.29, 1.82) is 0 Å². The Labute approximate surface area is 105 Å². The summed E-state index contributed by atoms with van der Waals surface area (Å²) in [5.74, 6) is 0.577. The van der Waals surface area contributed by atoms with E-state index in [9.17, 15) is 0 Å². The van der Waals surface area contributed by atoms with E-state index in [4.69, 9.17) is 11.6 Å². The maximum Gasteiger partial charge on any atom is 0.0465 e. The minimum Gasteiger partial charge on any atom is -0.313 e. The minimum atomic E-state index is 0.329. The summed E-state index contributed by atoms with van der Waals surface area (Å²) in [6, 6.07) is 6.40. The molecule has 0 aliphatic carbocycles. The van der Waals surface area contributed by atoms with Gasteiger partial charge < -0.3 is 5.32 Å². The lowest BCUT2D eigenvalue weighted by Gasteiger charge is -2.24. The highest BCUT2D eigenvalue weighted by atomic mass is 79.9. The molecule has 0 saturated carbocycles. The maximum atomic E-state index is 6.23. The molecule has 0 radical (unpaired) electrons. The molecule has 1 aromatic carbocycles. The van der Waals surface area contributed by atoms with Crippen LogP contribution < -0.4 is 5.32 Å². The summed E-state index contributed by atoms with van der Waals surface area (Å²) in [5.41, 5.74) is 1.18. The van der Waals surface area contributed by atoms with Crippen LogP contribution in [0.1, 0.15) is 31.9 Å². The second-order valence-electron chi connectivity index (χ2n) is 3.82. The second kappa shape index (κ2) is 5.88. The van der Waals surface area contributed by atoms with Crippen LogP contribution in [-0.2, 0) is 0 Å². The third-order valence-corrected chi connectivity index (χ3v) is 3.64. The molecule has 0 fully saturated rings. The number of hydrogen-bond acceptors (Lipinski definition) is 1. The van der Waals surface area contributed by atoms with Crippen LogP contribution in [-0.4, -0.2) is 7.05 Å². The van der Waals surface area contributed by atoms with E-state index in [-0.39, 0.29) is 0 Å². The van der Waals surface area contributed by atoms with Crippen molar-refractivity contribution in [2.24, 2.45) is 5.92 Å². The molecule has 3 heteroatoms. The Morgan fingerprint density at radius 1 is 1.47 bits per heavy atom. The Balaban J connectivity index is 3.01. The third-order valence-electron chi connectivity index (χ3n) is 2.82. The molecule has 0 aliphatic heterocycles. The Morgan fingerprint density at radius 3 is 2.60 bits per heavy atom. The summed E-state index contributed by atoms with van der Waals surface area (Å²) < 4.78 is 1.02. The normalized spacial score (nSPS) is 15.0. The van der Waals surface area contributed by atoms with Crippen LogP contribution in [0.2, 0.25) is 5.02 Å². The molecule has 1 nitrogen and oxygen atoms in total. The first-order valence-electron chi connectivity index (χ1n) is 5.22. The monoisotopic (exact) mass is 289 g/mol. The molecule has 1 rings (SSSR count). The molecule has 0 bridgehead atoms. The quantitative estimate of drug-likeness (QED) is 0.866. The zero-order chi connectivity index (χ0) is 11.4. The molecule has 0 aromatic heterocycles. The van der Waals surface area contributed by atoms with Crippen LogP contribution in [0.15, 0.2) is 22.7 Å². The fourth-order valence-electron chi connectivity index (χ4n) is 1.74. The van der Waals surface area contributed by atoms with E-state index in [1.165, 1.54) is 5.56 Å². The largest absolute Gasteiger partial charge is 0.313 e. The highest BCUT2D eigenvalue weighted by Gasteiger charge is 2.18. The van der Waals surface area contributed by atoms with Crippen LogP contribution in [0.25, 0.3) is 0 Å². The molecule has 1 aromatic rings. The van der Waals surface area contributed by atoms with E-state index < -0.39 is 0 Å². The second-order valence-corrected chi connectivity index (χ2v) is 5.14. The minimum absolute atomic E-state index is 0.329. The van der Waals surface area contributed by atoms with Crippen LogP contribution in [0, 0.1) is 5.92 Å². The average molecular weight is 291 g/mol. The molecule has 0 spiro atoms.